The van der Waals surface area contributed by atoms with Crippen molar-refractivity contribution in [1.29, 1.82) is 0 Å². The van der Waals surface area contributed by atoms with Crippen LogP contribution in [0.5, 0.6) is 0 Å². The largest absolute Gasteiger partial charge is 0.382 e. The van der Waals surface area contributed by atoms with E-state index in [-0.39, 0.29) is 0 Å². The quantitative estimate of drug-likeness (QED) is 0.859. The Kier molecular flexibility index (Phi) is 3.90. The van der Waals surface area contributed by atoms with E-state index in [0.717, 1.165) is 11.8 Å². The molecule has 0 saturated heterocycles. The standard InChI is InChI=1S/C18H24N2/c1-13(2)15-7-3-4-8-17(15)20-18-9-5-6-14-12-19-11-10-16(14)18/h5-6,9-13,15,17,20H,3-4,7-8H2,1-2H3. The Balaban J connectivity index is 1.88. The van der Waals surface area contributed by atoms with Gasteiger partial charge in [0.2, 0.25) is 0 Å². The Labute approximate surface area is 121 Å². The molecule has 0 spiro atoms. The minimum atomic E-state index is 0.613. The first-order chi connectivity index (χ1) is 9.75. The molecule has 0 radical (unpaired) electrons. The fourth-order valence-corrected chi connectivity index (χ4v) is 3.58. The van der Waals surface area contributed by atoms with E-state index in [4.69, 9.17) is 0 Å². The molecule has 1 heterocycles. The van der Waals surface area contributed by atoms with Crippen LogP contribution in [0.4, 0.5) is 5.69 Å². The highest BCUT2D eigenvalue weighted by atomic mass is 14.9. The molecule has 0 amide bonds. The van der Waals surface area contributed by atoms with Crippen LogP contribution in [-0.4, -0.2) is 11.0 Å². The summed E-state index contributed by atoms with van der Waals surface area (Å²) >= 11 is 0. The predicted molar refractivity (Wildman–Crippen MR) is 85.9 cm³/mol. The maximum absolute atomic E-state index is 4.22. The molecular formula is C18H24N2. The van der Waals surface area contributed by atoms with E-state index in [1.54, 1.807) is 0 Å². The van der Waals surface area contributed by atoms with Crippen LogP contribution in [0.3, 0.4) is 0 Å². The minimum Gasteiger partial charge on any atom is -0.382 e. The van der Waals surface area contributed by atoms with Crippen molar-refractivity contribution in [3.05, 3.63) is 36.7 Å². The molecule has 1 fully saturated rings. The van der Waals surface area contributed by atoms with E-state index in [2.05, 4.69) is 48.4 Å². The molecule has 2 unspecified atom stereocenters. The third-order valence-corrected chi connectivity index (χ3v) is 4.70. The van der Waals surface area contributed by atoms with Crippen molar-refractivity contribution in [2.24, 2.45) is 11.8 Å². The lowest BCUT2D eigenvalue weighted by Crippen LogP contribution is -2.35. The number of anilines is 1. The van der Waals surface area contributed by atoms with E-state index in [9.17, 15) is 0 Å². The zero-order valence-electron chi connectivity index (χ0n) is 12.5. The molecule has 20 heavy (non-hydrogen) atoms. The van der Waals surface area contributed by atoms with Gasteiger partial charge in [-0.15, -0.1) is 0 Å². The molecule has 1 aromatic heterocycles. The van der Waals surface area contributed by atoms with Crippen LogP contribution in [0.25, 0.3) is 10.8 Å². The number of rotatable bonds is 3. The van der Waals surface area contributed by atoms with E-state index >= 15 is 0 Å². The van der Waals surface area contributed by atoms with Crippen LogP contribution < -0.4 is 5.32 Å². The van der Waals surface area contributed by atoms with Crippen LogP contribution in [0.2, 0.25) is 0 Å². The van der Waals surface area contributed by atoms with Crippen LogP contribution in [0.15, 0.2) is 36.7 Å². The van der Waals surface area contributed by atoms with Gasteiger partial charge in [-0.2, -0.15) is 0 Å². The number of hydrogen-bond donors (Lipinski definition) is 1. The Morgan fingerprint density at radius 3 is 2.85 bits per heavy atom. The molecule has 2 nitrogen and oxygen atoms in total. The molecule has 0 bridgehead atoms. The Bertz CT molecular complexity index is 571. The molecular weight excluding hydrogens is 244 g/mol. The summed E-state index contributed by atoms with van der Waals surface area (Å²) in [6, 6.07) is 9.19. The van der Waals surface area contributed by atoms with E-state index in [1.807, 2.05) is 12.4 Å². The highest BCUT2D eigenvalue weighted by Gasteiger charge is 2.27. The molecule has 1 aromatic carbocycles. The molecule has 3 rings (SSSR count). The summed E-state index contributed by atoms with van der Waals surface area (Å²) in [5.41, 5.74) is 1.27. The van der Waals surface area contributed by atoms with Gasteiger partial charge < -0.3 is 5.32 Å². The summed E-state index contributed by atoms with van der Waals surface area (Å²) in [5, 5.41) is 6.33. The highest BCUT2D eigenvalue weighted by molar-refractivity contribution is 5.93. The van der Waals surface area contributed by atoms with Gasteiger partial charge in [0.1, 0.15) is 0 Å². The number of nitrogens with one attached hydrogen (secondary N) is 1. The van der Waals surface area contributed by atoms with Crippen molar-refractivity contribution in [2.75, 3.05) is 5.32 Å². The van der Waals surface area contributed by atoms with Crippen LogP contribution in [-0.2, 0) is 0 Å². The molecule has 2 atom stereocenters. The number of aromatic nitrogens is 1. The summed E-state index contributed by atoms with van der Waals surface area (Å²) in [4.78, 5) is 4.22. The zero-order valence-corrected chi connectivity index (χ0v) is 12.5. The molecule has 106 valence electrons. The van der Waals surface area contributed by atoms with Crippen LogP contribution in [0, 0.1) is 11.8 Å². The van der Waals surface area contributed by atoms with E-state index in [1.165, 1.54) is 42.1 Å². The first-order valence-electron chi connectivity index (χ1n) is 7.85. The Morgan fingerprint density at radius 2 is 2.00 bits per heavy atom. The van der Waals surface area contributed by atoms with E-state index in [0.29, 0.717) is 6.04 Å². The molecule has 1 saturated carbocycles. The zero-order chi connectivity index (χ0) is 13.9. The average molecular weight is 268 g/mol. The number of benzene rings is 1. The third-order valence-electron chi connectivity index (χ3n) is 4.70. The monoisotopic (exact) mass is 268 g/mol. The van der Waals surface area contributed by atoms with Gasteiger partial charge in [-0.3, -0.25) is 4.98 Å². The third kappa shape index (κ3) is 2.65. The van der Waals surface area contributed by atoms with Gasteiger partial charge in [0.15, 0.2) is 0 Å². The van der Waals surface area contributed by atoms with Crippen molar-refractivity contribution >= 4 is 16.5 Å². The summed E-state index contributed by atoms with van der Waals surface area (Å²) in [7, 11) is 0. The first kappa shape index (κ1) is 13.4. The molecule has 2 aromatic rings. The summed E-state index contributed by atoms with van der Waals surface area (Å²) in [6.07, 6.45) is 9.23. The number of pyridine rings is 1. The van der Waals surface area contributed by atoms with Gasteiger partial charge >= 0.3 is 0 Å². The summed E-state index contributed by atoms with van der Waals surface area (Å²) in [5.74, 6) is 1.55. The van der Waals surface area contributed by atoms with Crippen molar-refractivity contribution in [3.63, 3.8) is 0 Å². The second-order valence-corrected chi connectivity index (χ2v) is 6.35. The van der Waals surface area contributed by atoms with Crippen LogP contribution >= 0.6 is 0 Å². The average Bonchev–Trinajstić information content (AvgIpc) is 2.48. The predicted octanol–water partition coefficient (Wildman–Crippen LogP) is 4.86. The fraction of sp³-hybridized carbons (Fsp3) is 0.500. The molecule has 1 aliphatic carbocycles. The van der Waals surface area contributed by atoms with Crippen molar-refractivity contribution in [3.8, 4) is 0 Å². The van der Waals surface area contributed by atoms with Gasteiger partial charge in [-0.05, 0) is 36.8 Å². The normalized spacial score (nSPS) is 23.1. The molecule has 1 aliphatic rings. The van der Waals surface area contributed by atoms with Gasteiger partial charge in [0.25, 0.3) is 0 Å². The minimum absolute atomic E-state index is 0.613. The maximum atomic E-state index is 4.22. The number of hydrogen-bond acceptors (Lipinski definition) is 2. The Hall–Kier alpha value is -1.57. The van der Waals surface area contributed by atoms with Gasteiger partial charge in [0.05, 0.1) is 0 Å². The molecule has 2 heteroatoms. The maximum Gasteiger partial charge on any atom is 0.0423 e. The number of nitrogens with zero attached hydrogens (tertiary/aromatic N) is 1. The smallest absolute Gasteiger partial charge is 0.0423 e. The topological polar surface area (TPSA) is 24.9 Å². The molecule has 0 aliphatic heterocycles. The number of fused-ring (bicyclic) bond motifs is 1. The SMILES string of the molecule is CC(C)C1CCCCC1Nc1cccc2cnccc12. The fourth-order valence-electron chi connectivity index (χ4n) is 3.58. The van der Waals surface area contributed by atoms with Crippen molar-refractivity contribution in [2.45, 2.75) is 45.6 Å². The summed E-state index contributed by atoms with van der Waals surface area (Å²) in [6.45, 7) is 4.72. The lowest BCUT2D eigenvalue weighted by Gasteiger charge is -2.35. The lowest BCUT2D eigenvalue weighted by atomic mass is 9.77. The molecule has 1 N–H and O–H groups in total. The second kappa shape index (κ2) is 5.82. The van der Waals surface area contributed by atoms with Gasteiger partial charge in [-0.1, -0.05) is 38.8 Å². The van der Waals surface area contributed by atoms with Gasteiger partial charge in [0, 0.05) is 34.9 Å². The van der Waals surface area contributed by atoms with E-state index < -0.39 is 0 Å². The second-order valence-electron chi connectivity index (χ2n) is 6.35. The van der Waals surface area contributed by atoms with Gasteiger partial charge in [-0.25, -0.2) is 0 Å². The van der Waals surface area contributed by atoms with Crippen LogP contribution in [0.1, 0.15) is 39.5 Å². The lowest BCUT2D eigenvalue weighted by molar-refractivity contribution is 0.254. The highest BCUT2D eigenvalue weighted by Crippen LogP contribution is 2.33. The summed E-state index contributed by atoms with van der Waals surface area (Å²) < 4.78 is 0. The van der Waals surface area contributed by atoms with Crippen molar-refractivity contribution < 1.29 is 0 Å². The Morgan fingerprint density at radius 1 is 1.15 bits per heavy atom. The first-order valence-corrected chi connectivity index (χ1v) is 7.85. The van der Waals surface area contributed by atoms with Crippen molar-refractivity contribution in [1.82, 2.24) is 4.98 Å².